The Bertz CT molecular complexity index is 857. The minimum absolute atomic E-state index is 0.115. The standard InChI is InChI=1S/C18H26N4O3S/c1-5-14(4)22-17(11-12-19-22)20-18(23)15-9-8-10-16(13-15)26(24,25)21(6-2)7-3/h8-14H,5-7H2,1-4H3,(H,20,23). The summed E-state index contributed by atoms with van der Waals surface area (Å²) in [5, 5.41) is 7.05. The maximum Gasteiger partial charge on any atom is 0.256 e. The first-order valence-corrected chi connectivity index (χ1v) is 10.2. The largest absolute Gasteiger partial charge is 0.307 e. The fourth-order valence-electron chi connectivity index (χ4n) is 2.64. The second kappa shape index (κ2) is 8.46. The summed E-state index contributed by atoms with van der Waals surface area (Å²) in [7, 11) is -3.61. The minimum Gasteiger partial charge on any atom is -0.307 e. The van der Waals surface area contributed by atoms with Gasteiger partial charge >= 0.3 is 0 Å². The number of nitrogens with one attached hydrogen (secondary N) is 1. The molecule has 1 heterocycles. The van der Waals surface area contributed by atoms with Gasteiger partial charge in [-0.15, -0.1) is 0 Å². The highest BCUT2D eigenvalue weighted by Crippen LogP contribution is 2.20. The maximum atomic E-state index is 12.6. The Morgan fingerprint density at radius 3 is 2.54 bits per heavy atom. The highest BCUT2D eigenvalue weighted by molar-refractivity contribution is 7.89. The molecule has 0 aliphatic rings. The molecule has 0 aliphatic heterocycles. The molecular weight excluding hydrogens is 352 g/mol. The predicted molar refractivity (Wildman–Crippen MR) is 102 cm³/mol. The first-order chi connectivity index (χ1) is 12.3. The van der Waals surface area contributed by atoms with Crippen LogP contribution in [0.15, 0.2) is 41.4 Å². The van der Waals surface area contributed by atoms with Crippen molar-refractivity contribution in [1.82, 2.24) is 14.1 Å². The molecule has 8 heteroatoms. The first-order valence-electron chi connectivity index (χ1n) is 8.80. The number of carbonyl (C=O) groups excluding carboxylic acids is 1. The zero-order valence-corrected chi connectivity index (χ0v) is 16.5. The molecule has 142 valence electrons. The average Bonchev–Trinajstić information content (AvgIpc) is 3.10. The molecule has 0 radical (unpaired) electrons. The Labute approximate surface area is 155 Å². The number of hydrogen-bond acceptors (Lipinski definition) is 4. The lowest BCUT2D eigenvalue weighted by Gasteiger charge is -2.19. The van der Waals surface area contributed by atoms with E-state index < -0.39 is 10.0 Å². The first kappa shape index (κ1) is 20.1. The second-order valence-corrected chi connectivity index (χ2v) is 7.93. The Morgan fingerprint density at radius 1 is 1.23 bits per heavy atom. The van der Waals surface area contributed by atoms with Gasteiger partial charge in [-0.25, -0.2) is 13.1 Å². The average molecular weight is 378 g/mol. The summed E-state index contributed by atoms with van der Waals surface area (Å²) in [6.07, 6.45) is 2.51. The smallest absolute Gasteiger partial charge is 0.256 e. The van der Waals surface area contributed by atoms with Crippen molar-refractivity contribution in [2.24, 2.45) is 0 Å². The van der Waals surface area contributed by atoms with Gasteiger partial charge in [0.05, 0.1) is 17.1 Å². The molecule has 1 aromatic carbocycles. The van der Waals surface area contributed by atoms with Gasteiger partial charge in [0.2, 0.25) is 10.0 Å². The molecule has 7 nitrogen and oxygen atoms in total. The molecule has 26 heavy (non-hydrogen) atoms. The van der Waals surface area contributed by atoms with E-state index in [4.69, 9.17) is 0 Å². The summed E-state index contributed by atoms with van der Waals surface area (Å²) in [5.74, 6) is 0.216. The fraction of sp³-hybridized carbons (Fsp3) is 0.444. The summed E-state index contributed by atoms with van der Waals surface area (Å²) < 4.78 is 28.4. The third kappa shape index (κ3) is 4.13. The second-order valence-electron chi connectivity index (χ2n) is 5.99. The van der Waals surface area contributed by atoms with Gasteiger partial charge in [0, 0.05) is 24.7 Å². The van der Waals surface area contributed by atoms with Gasteiger partial charge < -0.3 is 5.32 Å². The van der Waals surface area contributed by atoms with Gasteiger partial charge in [0.15, 0.2) is 0 Å². The van der Waals surface area contributed by atoms with Crippen LogP contribution in [-0.4, -0.2) is 41.5 Å². The molecule has 1 amide bonds. The molecule has 1 atom stereocenters. The normalized spacial score (nSPS) is 13.0. The van der Waals surface area contributed by atoms with Gasteiger partial charge in [0.25, 0.3) is 5.91 Å². The van der Waals surface area contributed by atoms with Crippen LogP contribution in [-0.2, 0) is 10.0 Å². The monoisotopic (exact) mass is 378 g/mol. The molecule has 0 saturated carbocycles. The van der Waals surface area contributed by atoms with E-state index in [0.717, 1.165) is 6.42 Å². The number of rotatable bonds is 8. The van der Waals surface area contributed by atoms with Crippen LogP contribution in [0.2, 0.25) is 0 Å². The quantitative estimate of drug-likeness (QED) is 0.765. The van der Waals surface area contributed by atoms with Crippen LogP contribution in [0.4, 0.5) is 5.82 Å². The number of benzene rings is 1. The Kier molecular flexibility index (Phi) is 6.55. The van der Waals surface area contributed by atoms with Crippen molar-refractivity contribution in [2.45, 2.75) is 45.1 Å². The lowest BCUT2D eigenvalue weighted by Crippen LogP contribution is -2.30. The lowest BCUT2D eigenvalue weighted by molar-refractivity contribution is 0.102. The molecule has 0 spiro atoms. The number of hydrogen-bond donors (Lipinski definition) is 1. The van der Waals surface area contributed by atoms with Gasteiger partial charge in [-0.3, -0.25) is 4.79 Å². The van der Waals surface area contributed by atoms with Crippen LogP contribution in [0, 0.1) is 0 Å². The van der Waals surface area contributed by atoms with Crippen molar-refractivity contribution in [1.29, 1.82) is 0 Å². The SMILES string of the molecule is CCC(C)n1nccc1NC(=O)c1cccc(S(=O)(=O)N(CC)CC)c1. The topological polar surface area (TPSA) is 84.3 Å². The van der Waals surface area contributed by atoms with E-state index in [0.29, 0.717) is 18.9 Å². The Balaban J connectivity index is 2.28. The zero-order chi connectivity index (χ0) is 19.3. The molecule has 2 rings (SSSR count). The van der Waals surface area contributed by atoms with Gasteiger partial charge in [0.1, 0.15) is 5.82 Å². The van der Waals surface area contributed by atoms with Gasteiger partial charge in [-0.05, 0) is 31.5 Å². The molecular formula is C18H26N4O3S. The Hall–Kier alpha value is -2.19. The van der Waals surface area contributed by atoms with Crippen LogP contribution in [0.1, 0.15) is 50.5 Å². The van der Waals surface area contributed by atoms with E-state index >= 15 is 0 Å². The summed E-state index contributed by atoms with van der Waals surface area (Å²) in [4.78, 5) is 12.7. The summed E-state index contributed by atoms with van der Waals surface area (Å²) in [5.41, 5.74) is 0.287. The van der Waals surface area contributed by atoms with Crippen molar-refractivity contribution in [2.75, 3.05) is 18.4 Å². The van der Waals surface area contributed by atoms with Crippen molar-refractivity contribution in [3.63, 3.8) is 0 Å². The van der Waals surface area contributed by atoms with E-state index in [1.165, 1.54) is 16.4 Å². The number of amides is 1. The minimum atomic E-state index is -3.61. The third-order valence-corrected chi connectivity index (χ3v) is 6.41. The van der Waals surface area contributed by atoms with Crippen LogP contribution in [0.3, 0.4) is 0 Å². The van der Waals surface area contributed by atoms with Crippen LogP contribution < -0.4 is 5.32 Å². The summed E-state index contributed by atoms with van der Waals surface area (Å²) >= 11 is 0. The molecule has 0 fully saturated rings. The molecule has 1 aromatic heterocycles. The van der Waals surface area contributed by atoms with Crippen LogP contribution in [0.25, 0.3) is 0 Å². The highest BCUT2D eigenvalue weighted by atomic mass is 32.2. The van der Waals surface area contributed by atoms with E-state index in [9.17, 15) is 13.2 Å². The van der Waals surface area contributed by atoms with E-state index in [2.05, 4.69) is 10.4 Å². The third-order valence-electron chi connectivity index (χ3n) is 4.36. The van der Waals surface area contributed by atoms with Crippen molar-refractivity contribution in [3.05, 3.63) is 42.1 Å². The number of sulfonamides is 1. The molecule has 1 unspecified atom stereocenters. The van der Waals surface area contributed by atoms with E-state index in [1.54, 1.807) is 42.9 Å². The highest BCUT2D eigenvalue weighted by Gasteiger charge is 2.22. The molecule has 0 bridgehead atoms. The van der Waals surface area contributed by atoms with Gasteiger partial charge in [-0.2, -0.15) is 9.40 Å². The predicted octanol–water partition coefficient (Wildman–Crippen LogP) is 3.14. The number of anilines is 1. The van der Waals surface area contributed by atoms with E-state index in [-0.39, 0.29) is 22.4 Å². The van der Waals surface area contributed by atoms with Crippen molar-refractivity contribution < 1.29 is 13.2 Å². The maximum absolute atomic E-state index is 12.6. The van der Waals surface area contributed by atoms with Crippen molar-refractivity contribution in [3.8, 4) is 0 Å². The molecule has 2 aromatic rings. The summed E-state index contributed by atoms with van der Waals surface area (Å²) in [6.45, 7) is 8.38. The number of nitrogens with zero attached hydrogens (tertiary/aromatic N) is 3. The van der Waals surface area contributed by atoms with Crippen LogP contribution in [0.5, 0.6) is 0 Å². The molecule has 0 aliphatic carbocycles. The molecule has 1 N–H and O–H groups in total. The molecule has 0 saturated heterocycles. The fourth-order valence-corrected chi connectivity index (χ4v) is 4.14. The lowest BCUT2D eigenvalue weighted by atomic mass is 10.2. The summed E-state index contributed by atoms with van der Waals surface area (Å²) in [6, 6.07) is 7.97. The van der Waals surface area contributed by atoms with E-state index in [1.807, 2.05) is 13.8 Å². The van der Waals surface area contributed by atoms with Crippen molar-refractivity contribution >= 4 is 21.7 Å². The van der Waals surface area contributed by atoms with Crippen LogP contribution >= 0.6 is 0 Å². The Morgan fingerprint density at radius 2 is 1.92 bits per heavy atom. The number of carbonyl (C=O) groups is 1. The zero-order valence-electron chi connectivity index (χ0n) is 15.6. The number of aromatic nitrogens is 2. The van der Waals surface area contributed by atoms with Gasteiger partial charge in [-0.1, -0.05) is 26.8 Å².